The Kier molecular flexibility index (Phi) is 22.6. The molecule has 0 saturated carbocycles. The molecular formula is C12H27NaO5P-. The third kappa shape index (κ3) is 24.5. The molecule has 0 spiro atoms. The van der Waals surface area contributed by atoms with E-state index in [-0.39, 0.29) is 41.6 Å². The fourth-order valence-electron chi connectivity index (χ4n) is 1.77. The van der Waals surface area contributed by atoms with Gasteiger partial charge in [0, 0.05) is 0 Å². The van der Waals surface area contributed by atoms with Crippen LogP contribution < -0.4 is 39.3 Å². The molecule has 0 heterocycles. The average molecular weight is 305 g/mol. The van der Waals surface area contributed by atoms with Gasteiger partial charge in [-0.25, -0.2) is 0 Å². The van der Waals surface area contributed by atoms with Crippen molar-refractivity contribution in [2.75, 3.05) is 6.61 Å². The van der Waals surface area contributed by atoms with E-state index in [9.17, 15) is 14.4 Å². The zero-order valence-electron chi connectivity index (χ0n) is 12.4. The van der Waals surface area contributed by atoms with E-state index >= 15 is 0 Å². The molecule has 0 radical (unpaired) electrons. The van der Waals surface area contributed by atoms with E-state index < -0.39 is 7.82 Å². The van der Waals surface area contributed by atoms with Crippen LogP contribution in [0.5, 0.6) is 0 Å². The van der Waals surface area contributed by atoms with Crippen molar-refractivity contribution < 1.29 is 53.9 Å². The summed E-state index contributed by atoms with van der Waals surface area (Å²) in [5.41, 5.74) is 0. The molecule has 0 aliphatic heterocycles. The molecule has 0 fully saturated rings. The van der Waals surface area contributed by atoms with Crippen LogP contribution in [-0.2, 0) is 9.09 Å². The van der Waals surface area contributed by atoms with Crippen molar-refractivity contribution in [3.63, 3.8) is 0 Å². The van der Waals surface area contributed by atoms with Gasteiger partial charge >= 0.3 is 29.6 Å². The first-order chi connectivity index (χ1) is 8.06. The van der Waals surface area contributed by atoms with Gasteiger partial charge in [-0.05, 0) is 6.42 Å². The molecule has 0 unspecified atom stereocenters. The van der Waals surface area contributed by atoms with Crippen LogP contribution in [0.4, 0.5) is 0 Å². The van der Waals surface area contributed by atoms with Crippen molar-refractivity contribution in [3.8, 4) is 0 Å². The van der Waals surface area contributed by atoms with E-state index in [1.54, 1.807) is 0 Å². The van der Waals surface area contributed by atoms with Gasteiger partial charge in [-0.3, -0.25) is 0 Å². The fraction of sp³-hybridized carbons (Fsp3) is 1.00. The zero-order valence-corrected chi connectivity index (χ0v) is 15.3. The van der Waals surface area contributed by atoms with E-state index in [0.717, 1.165) is 12.8 Å². The Labute approximate surface area is 139 Å². The second kappa shape index (κ2) is 17.1. The molecule has 0 bridgehead atoms. The van der Waals surface area contributed by atoms with E-state index in [0.29, 0.717) is 6.42 Å². The number of hydrogen-bond acceptors (Lipinski definition) is 4. The van der Waals surface area contributed by atoms with Crippen LogP contribution in [0.15, 0.2) is 0 Å². The summed E-state index contributed by atoms with van der Waals surface area (Å²) in [4.78, 5) is 20.3. The maximum absolute atomic E-state index is 10.1. The SMILES string of the molecule is CCCCCCCCCCCCOP(=O)([O-])[O-].O.[Na+]. The maximum atomic E-state index is 10.1. The van der Waals surface area contributed by atoms with Crippen molar-refractivity contribution in [1.82, 2.24) is 0 Å². The van der Waals surface area contributed by atoms with Gasteiger partial charge in [0.05, 0.1) is 14.4 Å². The Balaban J connectivity index is -0.00000128. The summed E-state index contributed by atoms with van der Waals surface area (Å²) >= 11 is 0. The molecule has 0 aromatic rings. The largest absolute Gasteiger partial charge is 1.00 e. The number of rotatable bonds is 12. The molecule has 0 aliphatic carbocycles. The van der Waals surface area contributed by atoms with E-state index in [1.165, 1.54) is 44.9 Å². The normalized spacial score (nSPS) is 10.7. The first-order valence-electron chi connectivity index (χ1n) is 6.73. The first kappa shape index (κ1) is 25.0. The summed E-state index contributed by atoms with van der Waals surface area (Å²) in [5.74, 6) is 0. The van der Waals surface area contributed by atoms with E-state index in [2.05, 4.69) is 11.4 Å². The smallest absolute Gasteiger partial charge is 0.790 e. The van der Waals surface area contributed by atoms with Crippen molar-refractivity contribution >= 4 is 7.82 Å². The number of unbranched alkanes of at least 4 members (excludes halogenated alkanes) is 9. The van der Waals surface area contributed by atoms with Crippen LogP contribution in [0.2, 0.25) is 0 Å². The predicted octanol–water partition coefficient (Wildman–Crippen LogP) is -1.07. The third-order valence-electron chi connectivity index (χ3n) is 2.75. The molecule has 112 valence electrons. The standard InChI is InChI=1S/C12H27O4P.Na.H2O/c1-2-3-4-5-6-7-8-9-10-11-12-16-17(13,14)15;;/h2-12H2,1H3,(H2,13,14,15);;1H2/q;+1;/p-2. The van der Waals surface area contributed by atoms with Crippen LogP contribution in [0.25, 0.3) is 0 Å². The van der Waals surface area contributed by atoms with Crippen molar-refractivity contribution in [2.24, 2.45) is 0 Å². The summed E-state index contributed by atoms with van der Waals surface area (Å²) < 4.78 is 14.3. The van der Waals surface area contributed by atoms with Crippen LogP contribution in [0, 0.1) is 0 Å². The minimum Gasteiger partial charge on any atom is -0.790 e. The molecular weight excluding hydrogens is 278 g/mol. The number of phosphoric ester groups is 1. The topological polar surface area (TPSA) is 104 Å². The van der Waals surface area contributed by atoms with Crippen molar-refractivity contribution in [3.05, 3.63) is 0 Å². The van der Waals surface area contributed by atoms with Crippen LogP contribution >= 0.6 is 7.82 Å². The van der Waals surface area contributed by atoms with Crippen molar-refractivity contribution in [1.29, 1.82) is 0 Å². The maximum Gasteiger partial charge on any atom is 1.00 e. The van der Waals surface area contributed by atoms with E-state index in [1.807, 2.05) is 0 Å². The van der Waals surface area contributed by atoms with Crippen LogP contribution in [0.1, 0.15) is 71.1 Å². The second-order valence-electron chi connectivity index (χ2n) is 4.46. The molecule has 2 N–H and O–H groups in total. The fourth-order valence-corrected chi connectivity index (χ4v) is 2.12. The summed E-state index contributed by atoms with van der Waals surface area (Å²) in [6, 6.07) is 0. The third-order valence-corrected chi connectivity index (χ3v) is 3.25. The number of phosphoric acid groups is 1. The Morgan fingerprint density at radius 2 is 1.21 bits per heavy atom. The minimum atomic E-state index is -4.74. The van der Waals surface area contributed by atoms with Gasteiger partial charge in [-0.1, -0.05) is 64.7 Å². The Bertz CT molecular complexity index is 210. The quantitative estimate of drug-likeness (QED) is 0.260. The average Bonchev–Trinajstić information content (AvgIpc) is 2.24. The summed E-state index contributed by atoms with van der Waals surface area (Å²) in [5, 5.41) is 0. The molecule has 19 heavy (non-hydrogen) atoms. The van der Waals surface area contributed by atoms with Gasteiger partial charge in [-0.15, -0.1) is 0 Å². The van der Waals surface area contributed by atoms with Gasteiger partial charge in [0.2, 0.25) is 0 Å². The Hall–Kier alpha value is 1.07. The zero-order chi connectivity index (χ0) is 13.0. The molecule has 0 atom stereocenters. The summed E-state index contributed by atoms with van der Waals surface area (Å²) in [6.45, 7) is 2.26. The summed E-state index contributed by atoms with van der Waals surface area (Å²) in [6.07, 6.45) is 11.7. The molecule has 0 rings (SSSR count). The van der Waals surface area contributed by atoms with Crippen molar-refractivity contribution in [2.45, 2.75) is 71.1 Å². The van der Waals surface area contributed by atoms with Gasteiger partial charge in [-0.2, -0.15) is 0 Å². The monoisotopic (exact) mass is 305 g/mol. The minimum absolute atomic E-state index is 0. The molecule has 0 aliphatic rings. The molecule has 0 aromatic heterocycles. The van der Waals surface area contributed by atoms with Gasteiger partial charge < -0.3 is 24.4 Å². The molecule has 0 aromatic carbocycles. The van der Waals surface area contributed by atoms with Crippen LogP contribution in [0.3, 0.4) is 0 Å². The van der Waals surface area contributed by atoms with Gasteiger partial charge in [0.1, 0.15) is 0 Å². The van der Waals surface area contributed by atoms with Gasteiger partial charge in [0.15, 0.2) is 0 Å². The molecule has 5 nitrogen and oxygen atoms in total. The Morgan fingerprint density at radius 3 is 1.58 bits per heavy atom. The summed E-state index contributed by atoms with van der Waals surface area (Å²) in [7, 11) is -4.74. The first-order valence-corrected chi connectivity index (χ1v) is 8.19. The molecule has 0 saturated heterocycles. The number of hydrogen-bond donors (Lipinski definition) is 0. The Morgan fingerprint density at radius 1 is 0.842 bits per heavy atom. The second-order valence-corrected chi connectivity index (χ2v) is 5.62. The van der Waals surface area contributed by atoms with Gasteiger partial charge in [0.25, 0.3) is 0 Å². The molecule has 0 amide bonds. The molecule has 7 heteroatoms. The van der Waals surface area contributed by atoms with Crippen LogP contribution in [-0.4, -0.2) is 12.1 Å². The van der Waals surface area contributed by atoms with E-state index in [4.69, 9.17) is 0 Å². The predicted molar refractivity (Wildman–Crippen MR) is 69.0 cm³/mol.